The van der Waals surface area contributed by atoms with Crippen molar-refractivity contribution < 1.29 is 18.7 Å². The molecule has 166 valence electrons. The zero-order valence-electron chi connectivity index (χ0n) is 17.8. The Morgan fingerprint density at radius 1 is 1.06 bits per heavy atom. The Labute approximate surface area is 190 Å². The van der Waals surface area contributed by atoms with Gasteiger partial charge in [0.2, 0.25) is 5.91 Å². The minimum Gasteiger partial charge on any atom is -0.488 e. The van der Waals surface area contributed by atoms with Crippen molar-refractivity contribution in [1.29, 1.82) is 5.26 Å². The molecule has 0 radical (unpaired) electrons. The van der Waals surface area contributed by atoms with Crippen LogP contribution < -0.4 is 15.5 Å². The topological polar surface area (TPSA) is 104 Å². The zero-order chi connectivity index (χ0) is 23.6. The molecule has 0 aliphatic rings. The van der Waals surface area contributed by atoms with Crippen molar-refractivity contribution in [3.05, 3.63) is 95.3 Å². The summed E-state index contributed by atoms with van der Waals surface area (Å²) in [4.78, 5) is 24.5. The van der Waals surface area contributed by atoms with Gasteiger partial charge in [-0.3, -0.25) is 9.59 Å². The minimum atomic E-state index is -1.10. The van der Waals surface area contributed by atoms with Crippen molar-refractivity contribution in [3.8, 4) is 11.8 Å². The van der Waals surface area contributed by atoms with Crippen molar-refractivity contribution in [2.45, 2.75) is 13.5 Å². The Morgan fingerprint density at radius 3 is 2.55 bits per heavy atom. The fourth-order valence-corrected chi connectivity index (χ4v) is 2.81. The SMILES string of the molecule is CC(C(=O)NN=Cc1ccccc1OCc1ccccc1C#N)C(=O)Nc1ccccc1F. The molecule has 0 saturated heterocycles. The summed E-state index contributed by atoms with van der Waals surface area (Å²) in [6.45, 7) is 1.58. The van der Waals surface area contributed by atoms with Crippen molar-refractivity contribution >= 4 is 23.7 Å². The lowest BCUT2D eigenvalue weighted by Gasteiger charge is -2.11. The van der Waals surface area contributed by atoms with Crippen LogP contribution in [0.2, 0.25) is 0 Å². The Hall–Kier alpha value is -4.51. The predicted molar refractivity (Wildman–Crippen MR) is 122 cm³/mol. The van der Waals surface area contributed by atoms with Gasteiger partial charge >= 0.3 is 0 Å². The van der Waals surface area contributed by atoms with E-state index in [2.05, 4.69) is 21.9 Å². The van der Waals surface area contributed by atoms with E-state index in [1.807, 2.05) is 12.1 Å². The number of carbonyl (C=O) groups excluding carboxylic acids is 2. The summed E-state index contributed by atoms with van der Waals surface area (Å²) < 4.78 is 19.5. The summed E-state index contributed by atoms with van der Waals surface area (Å²) in [6.07, 6.45) is 1.39. The average Bonchev–Trinajstić information content (AvgIpc) is 2.84. The number of hydrogen-bond acceptors (Lipinski definition) is 5. The average molecular weight is 444 g/mol. The van der Waals surface area contributed by atoms with Gasteiger partial charge in [-0.05, 0) is 37.3 Å². The number of benzene rings is 3. The summed E-state index contributed by atoms with van der Waals surface area (Å²) in [5.41, 5.74) is 4.17. The van der Waals surface area contributed by atoms with E-state index < -0.39 is 23.5 Å². The van der Waals surface area contributed by atoms with Crippen LogP contribution >= 0.6 is 0 Å². The summed E-state index contributed by atoms with van der Waals surface area (Å²) in [6, 6.07) is 22.0. The van der Waals surface area contributed by atoms with Gasteiger partial charge in [-0.2, -0.15) is 10.4 Å². The van der Waals surface area contributed by atoms with Gasteiger partial charge in [0.05, 0.1) is 23.5 Å². The number of anilines is 1. The number of amides is 2. The second kappa shape index (κ2) is 11.2. The van der Waals surface area contributed by atoms with Crippen molar-refractivity contribution in [2.24, 2.45) is 11.0 Å². The number of halogens is 1. The number of para-hydroxylation sites is 2. The van der Waals surface area contributed by atoms with Crippen LogP contribution in [0, 0.1) is 23.1 Å². The van der Waals surface area contributed by atoms with Gasteiger partial charge in [0, 0.05) is 11.1 Å². The Bertz CT molecular complexity index is 1220. The highest BCUT2D eigenvalue weighted by molar-refractivity contribution is 6.06. The van der Waals surface area contributed by atoms with Gasteiger partial charge in [0.15, 0.2) is 0 Å². The molecule has 1 atom stereocenters. The third kappa shape index (κ3) is 6.24. The molecule has 2 amide bonds. The number of ether oxygens (including phenoxy) is 1. The first-order valence-corrected chi connectivity index (χ1v) is 10.1. The number of carbonyl (C=O) groups is 2. The van der Waals surface area contributed by atoms with E-state index in [4.69, 9.17) is 4.74 Å². The third-order valence-electron chi connectivity index (χ3n) is 4.74. The maximum atomic E-state index is 13.7. The van der Waals surface area contributed by atoms with Gasteiger partial charge < -0.3 is 10.1 Å². The molecule has 2 N–H and O–H groups in total. The van der Waals surface area contributed by atoms with Crippen LogP contribution in [0.25, 0.3) is 0 Å². The second-order valence-corrected chi connectivity index (χ2v) is 7.02. The van der Waals surface area contributed by atoms with Crippen LogP contribution in [0.5, 0.6) is 5.75 Å². The van der Waals surface area contributed by atoms with E-state index >= 15 is 0 Å². The molecule has 7 nitrogen and oxygen atoms in total. The standard InChI is InChI=1S/C25H21FN4O3/c1-17(24(31)29-22-12-6-5-11-21(22)26)25(32)30-28-15-19-9-4-7-13-23(19)33-16-20-10-3-2-8-18(20)14-27/h2-13,15,17H,16H2,1H3,(H,29,31)(H,30,32). The van der Waals surface area contributed by atoms with E-state index in [0.717, 1.165) is 5.56 Å². The molecule has 0 spiro atoms. The largest absolute Gasteiger partial charge is 0.488 e. The van der Waals surface area contributed by atoms with Gasteiger partial charge in [0.1, 0.15) is 24.1 Å². The summed E-state index contributed by atoms with van der Waals surface area (Å²) in [5, 5.41) is 15.5. The molecular formula is C25H21FN4O3. The molecule has 33 heavy (non-hydrogen) atoms. The first-order valence-electron chi connectivity index (χ1n) is 10.1. The first-order chi connectivity index (χ1) is 16.0. The number of hydrazone groups is 1. The normalized spacial score (nSPS) is 11.4. The Morgan fingerprint density at radius 2 is 1.76 bits per heavy atom. The Balaban J connectivity index is 1.59. The van der Waals surface area contributed by atoms with Crippen LogP contribution in [0.3, 0.4) is 0 Å². The van der Waals surface area contributed by atoms with E-state index in [1.54, 1.807) is 42.5 Å². The van der Waals surface area contributed by atoms with Crippen molar-refractivity contribution in [2.75, 3.05) is 5.32 Å². The predicted octanol–water partition coefficient (Wildman–Crippen LogP) is 4.00. The van der Waals surface area contributed by atoms with Crippen molar-refractivity contribution in [3.63, 3.8) is 0 Å². The number of nitrogens with one attached hydrogen (secondary N) is 2. The lowest BCUT2D eigenvalue weighted by molar-refractivity contribution is -0.131. The summed E-state index contributed by atoms with van der Waals surface area (Å²) in [7, 11) is 0. The fraction of sp³-hybridized carbons (Fsp3) is 0.120. The number of nitriles is 1. The maximum absolute atomic E-state index is 13.7. The van der Waals surface area contributed by atoms with Crippen LogP contribution in [0.1, 0.15) is 23.6 Å². The Kier molecular flexibility index (Phi) is 7.86. The molecule has 1 unspecified atom stereocenters. The molecule has 0 saturated carbocycles. The van der Waals surface area contributed by atoms with Crippen LogP contribution in [-0.2, 0) is 16.2 Å². The van der Waals surface area contributed by atoms with E-state index in [0.29, 0.717) is 16.9 Å². The lowest BCUT2D eigenvalue weighted by Crippen LogP contribution is -2.34. The van der Waals surface area contributed by atoms with Gasteiger partial charge in [-0.25, -0.2) is 9.82 Å². The van der Waals surface area contributed by atoms with E-state index in [1.165, 1.54) is 31.3 Å². The highest BCUT2D eigenvalue weighted by Crippen LogP contribution is 2.19. The molecule has 0 aliphatic carbocycles. The van der Waals surface area contributed by atoms with E-state index in [9.17, 15) is 19.2 Å². The van der Waals surface area contributed by atoms with Crippen LogP contribution in [-0.4, -0.2) is 18.0 Å². The molecule has 0 aromatic heterocycles. The molecule has 3 aromatic rings. The minimum absolute atomic E-state index is 0.00491. The summed E-state index contributed by atoms with van der Waals surface area (Å²) in [5.74, 6) is -2.50. The maximum Gasteiger partial charge on any atom is 0.252 e. The lowest BCUT2D eigenvalue weighted by atomic mass is 10.1. The zero-order valence-corrected chi connectivity index (χ0v) is 17.8. The highest BCUT2D eigenvalue weighted by atomic mass is 19.1. The van der Waals surface area contributed by atoms with Crippen LogP contribution in [0.15, 0.2) is 77.9 Å². The quantitative estimate of drug-likeness (QED) is 0.311. The molecule has 0 fully saturated rings. The van der Waals surface area contributed by atoms with Crippen LogP contribution in [0.4, 0.5) is 10.1 Å². The molecule has 0 heterocycles. The van der Waals surface area contributed by atoms with E-state index in [-0.39, 0.29) is 12.3 Å². The molecule has 3 aromatic carbocycles. The monoisotopic (exact) mass is 444 g/mol. The molecule has 0 bridgehead atoms. The number of rotatable bonds is 8. The highest BCUT2D eigenvalue weighted by Gasteiger charge is 2.22. The molecular weight excluding hydrogens is 423 g/mol. The molecule has 0 aliphatic heterocycles. The van der Waals surface area contributed by atoms with Gasteiger partial charge in [0.25, 0.3) is 5.91 Å². The smallest absolute Gasteiger partial charge is 0.252 e. The molecule has 3 rings (SSSR count). The summed E-state index contributed by atoms with van der Waals surface area (Å²) >= 11 is 0. The second-order valence-electron chi connectivity index (χ2n) is 7.02. The van der Waals surface area contributed by atoms with Gasteiger partial charge in [-0.1, -0.05) is 42.5 Å². The number of nitrogens with zero attached hydrogens (tertiary/aromatic N) is 2. The molecule has 8 heteroatoms. The van der Waals surface area contributed by atoms with Gasteiger partial charge in [-0.15, -0.1) is 0 Å². The third-order valence-corrected chi connectivity index (χ3v) is 4.74. The number of hydrogen-bond donors (Lipinski definition) is 2. The first kappa shape index (κ1) is 23.2. The fourth-order valence-electron chi connectivity index (χ4n) is 2.81. The van der Waals surface area contributed by atoms with Crippen molar-refractivity contribution in [1.82, 2.24) is 5.43 Å².